The zero-order valence-electron chi connectivity index (χ0n) is 18.7. The summed E-state index contributed by atoms with van der Waals surface area (Å²) in [4.78, 5) is 85.1. The molecule has 40 heavy (non-hydrogen) atoms. The molecular weight excluding hydrogens is 665 g/mol. The summed E-state index contributed by atoms with van der Waals surface area (Å²) in [5, 5.41) is 10.8. The second-order valence-corrected chi connectivity index (χ2v) is 14.5. The topological polar surface area (TPSA) is 392 Å². The van der Waals surface area contributed by atoms with E-state index in [4.69, 9.17) is 30.0 Å². The Morgan fingerprint density at radius 1 is 0.950 bits per heavy atom. The summed E-state index contributed by atoms with van der Waals surface area (Å²) in [5.74, 6) is -0.432. The van der Waals surface area contributed by atoms with Gasteiger partial charge in [-0.25, -0.2) is 27.8 Å². The average Bonchev–Trinajstić information content (AvgIpc) is 3.23. The van der Waals surface area contributed by atoms with Crippen LogP contribution in [-0.2, 0) is 49.5 Å². The highest BCUT2D eigenvalue weighted by Gasteiger charge is 2.51. The summed E-state index contributed by atoms with van der Waals surface area (Å²) in [7, 11) is -28.9. The molecule has 5 unspecified atom stereocenters. The molecule has 0 spiro atoms. The van der Waals surface area contributed by atoms with Crippen molar-refractivity contribution in [3.8, 4) is 0 Å². The molecule has 1 aliphatic heterocycles. The van der Waals surface area contributed by atoms with Gasteiger partial charge in [-0.05, 0) is 0 Å². The summed E-state index contributed by atoms with van der Waals surface area (Å²) in [6, 6.07) is 0. The molecule has 2 aromatic heterocycles. The molecule has 1 saturated heterocycles. The normalized spacial score (nSPS) is 26.8. The first-order valence-electron chi connectivity index (χ1n) is 9.60. The van der Waals surface area contributed by atoms with Gasteiger partial charge in [-0.1, -0.05) is 0 Å². The van der Waals surface area contributed by atoms with Crippen molar-refractivity contribution in [1.29, 1.82) is 0 Å². The van der Waals surface area contributed by atoms with Gasteiger partial charge in [-0.15, -0.1) is 0 Å². The van der Waals surface area contributed by atoms with Gasteiger partial charge in [0, 0.05) is 0 Å². The first kappa shape index (κ1) is 33.2. The summed E-state index contributed by atoms with van der Waals surface area (Å²) >= 11 is 0. The number of phosphoric acid groups is 5. The summed E-state index contributed by atoms with van der Waals surface area (Å²) in [5.41, 5.74) is 3.94. The molecule has 1 fully saturated rings. The maximum Gasteiger partial charge on any atom is 0.490 e. The summed E-state index contributed by atoms with van der Waals surface area (Å²) in [6.07, 6.45) is -7.37. The van der Waals surface area contributed by atoms with Gasteiger partial charge in [0.05, 0.1) is 12.9 Å². The first-order chi connectivity index (χ1) is 18.0. The zero-order valence-corrected chi connectivity index (χ0v) is 23.2. The number of nitrogens with one attached hydrogen (secondary N) is 1. The number of fused-ring (bicyclic) bond motifs is 1. The Morgan fingerprint density at radius 2 is 1.52 bits per heavy atom. The van der Waals surface area contributed by atoms with Crippen LogP contribution in [0.2, 0.25) is 0 Å². The first-order valence-corrected chi connectivity index (χ1v) is 17.1. The number of aromatic amines is 1. The lowest BCUT2D eigenvalue weighted by atomic mass is 10.1. The van der Waals surface area contributed by atoms with Crippen molar-refractivity contribution in [3.63, 3.8) is 0 Å². The molecule has 2 aromatic rings. The van der Waals surface area contributed by atoms with E-state index < -0.39 is 81.8 Å². The van der Waals surface area contributed by atoms with Crippen LogP contribution in [-0.4, -0.2) is 83.8 Å². The van der Waals surface area contributed by atoms with E-state index in [0.717, 1.165) is 10.9 Å². The van der Waals surface area contributed by atoms with Crippen LogP contribution in [0.5, 0.6) is 0 Å². The number of nitrogens with zero attached hydrogens (tertiary/aromatic N) is 3. The van der Waals surface area contributed by atoms with Gasteiger partial charge in [0.2, 0.25) is 5.95 Å². The number of nitrogens with two attached hydrogens (primary N) is 1. The fourth-order valence-corrected chi connectivity index (χ4v) is 7.95. The highest BCUT2D eigenvalue weighted by molar-refractivity contribution is 7.66. The quantitative estimate of drug-likeness (QED) is 0.107. The Hall–Kier alpha value is -1.26. The van der Waals surface area contributed by atoms with Crippen LogP contribution in [0.25, 0.3) is 11.2 Å². The number of nitrogen functional groups attached to an aromatic ring is 1. The fourth-order valence-electron chi connectivity index (χ4n) is 3.12. The molecule has 0 aliphatic carbocycles. The number of aromatic nitrogens is 4. The van der Waals surface area contributed by atoms with Crippen molar-refractivity contribution in [2.75, 3.05) is 12.3 Å². The molecule has 3 rings (SSSR count). The lowest BCUT2D eigenvalue weighted by Gasteiger charge is -2.23. The second kappa shape index (κ2) is 11.4. The van der Waals surface area contributed by atoms with Gasteiger partial charge in [0.1, 0.15) is 18.3 Å². The fraction of sp³-hybridized carbons (Fsp3) is 0.500. The lowest BCUT2D eigenvalue weighted by molar-refractivity contribution is -0.0501. The van der Waals surface area contributed by atoms with Crippen LogP contribution in [0, 0.1) is 0 Å². The molecule has 3 heterocycles. The summed E-state index contributed by atoms with van der Waals surface area (Å²) in [6.45, 7) is -1.37. The number of aliphatic hydroxyl groups excluding tert-OH is 1. The minimum Gasteiger partial charge on any atom is -0.386 e. The Labute approximate surface area is 218 Å². The lowest BCUT2D eigenvalue weighted by Crippen LogP contribution is -2.36. The van der Waals surface area contributed by atoms with Gasteiger partial charge in [0.25, 0.3) is 5.56 Å². The summed E-state index contributed by atoms with van der Waals surface area (Å²) < 4.78 is 83.3. The number of phosphoric ester groups is 2. The molecule has 25 nitrogen and oxygen atoms in total. The van der Waals surface area contributed by atoms with Gasteiger partial charge in [-0.3, -0.25) is 23.4 Å². The molecule has 228 valence electrons. The van der Waals surface area contributed by atoms with Crippen molar-refractivity contribution < 1.29 is 88.9 Å². The van der Waals surface area contributed by atoms with E-state index in [2.05, 4.69) is 36.9 Å². The van der Waals surface area contributed by atoms with Crippen molar-refractivity contribution in [1.82, 2.24) is 19.5 Å². The van der Waals surface area contributed by atoms with Crippen molar-refractivity contribution in [3.05, 3.63) is 16.7 Å². The molecule has 30 heteroatoms. The maximum atomic E-state index is 12.1. The Balaban J connectivity index is 1.91. The monoisotopic (exact) mass is 683 g/mol. The molecule has 0 bridgehead atoms. The number of aliphatic hydroxyl groups is 1. The SMILES string of the molecule is Nc1nc2c(ncn2[C@@H]2O[C@H](COP(=O)(O)OP(=O)(O)OP(=O)(O)O)C(OP(=O)(O)OP(=O)(O)O)C2O)c(=O)[nH]1. The molecule has 7 atom stereocenters. The van der Waals surface area contributed by atoms with Crippen LogP contribution in [0.4, 0.5) is 5.95 Å². The minimum absolute atomic E-state index is 0.337. The number of hydrogen-bond acceptors (Lipinski definition) is 16. The van der Waals surface area contributed by atoms with E-state index in [1.54, 1.807) is 0 Å². The molecule has 0 aromatic carbocycles. The number of rotatable bonds is 12. The third-order valence-corrected chi connectivity index (χ3v) is 10.3. The number of anilines is 1. The van der Waals surface area contributed by atoms with E-state index in [9.17, 15) is 47.4 Å². The average molecular weight is 683 g/mol. The number of hydrogen-bond donors (Lipinski definition) is 10. The number of H-pyrrole nitrogens is 1. The van der Waals surface area contributed by atoms with E-state index in [1.165, 1.54) is 0 Å². The van der Waals surface area contributed by atoms with Crippen LogP contribution < -0.4 is 11.3 Å². The Bertz CT molecular complexity index is 1560. The Morgan fingerprint density at radius 3 is 2.10 bits per heavy atom. The second-order valence-electron chi connectivity index (χ2n) is 7.33. The van der Waals surface area contributed by atoms with Crippen molar-refractivity contribution in [2.24, 2.45) is 0 Å². The predicted octanol–water partition coefficient (Wildman–Crippen LogP) is -2.10. The smallest absolute Gasteiger partial charge is 0.386 e. The van der Waals surface area contributed by atoms with Gasteiger partial charge in [-0.2, -0.15) is 17.9 Å². The number of ether oxygens (including phenoxy) is 1. The van der Waals surface area contributed by atoms with Crippen LogP contribution in [0.15, 0.2) is 11.1 Å². The molecule has 0 radical (unpaired) electrons. The zero-order chi connectivity index (χ0) is 30.5. The third kappa shape index (κ3) is 8.87. The Kier molecular flexibility index (Phi) is 9.51. The standard InChI is InChI=1S/C10H18N5O20P5/c11-10-13-7-4(8(17)14-10)12-2-15(7)9-5(16)6(32-39(26,27)33-36(18,19)20)3(31-9)1-30-38(24,25)35-40(28,29)34-37(21,22)23/h2-3,5-6,9,16H,1H2,(H,24,25)(H,26,27)(H,28,29)(H2,18,19,20)(H2,21,22,23)(H3,11,13,14,17)/t3-,5?,6?,9-/m1/s1. The van der Waals surface area contributed by atoms with Crippen LogP contribution in [0.1, 0.15) is 6.23 Å². The highest BCUT2D eigenvalue weighted by Crippen LogP contribution is 2.66. The van der Waals surface area contributed by atoms with Gasteiger partial charge in [0.15, 0.2) is 17.4 Å². The highest BCUT2D eigenvalue weighted by atomic mass is 31.3. The van der Waals surface area contributed by atoms with E-state index >= 15 is 0 Å². The van der Waals surface area contributed by atoms with Gasteiger partial charge >= 0.3 is 39.1 Å². The minimum atomic E-state index is -5.95. The predicted molar refractivity (Wildman–Crippen MR) is 120 cm³/mol. The largest absolute Gasteiger partial charge is 0.490 e. The molecular formula is C10H18N5O20P5. The number of imidazole rings is 1. The third-order valence-electron chi connectivity index (χ3n) is 4.32. The van der Waals surface area contributed by atoms with Gasteiger partial charge < -0.3 is 49.8 Å². The van der Waals surface area contributed by atoms with E-state index in [0.29, 0.717) is 0 Å². The van der Waals surface area contributed by atoms with Crippen molar-refractivity contribution in [2.45, 2.75) is 24.5 Å². The van der Waals surface area contributed by atoms with Crippen LogP contribution in [0.3, 0.4) is 0 Å². The van der Waals surface area contributed by atoms with E-state index in [-0.39, 0.29) is 11.2 Å². The molecule has 11 N–H and O–H groups in total. The molecule has 0 amide bonds. The maximum absolute atomic E-state index is 12.1. The molecule has 0 saturated carbocycles. The van der Waals surface area contributed by atoms with E-state index in [1.807, 2.05) is 0 Å². The van der Waals surface area contributed by atoms with Crippen LogP contribution >= 0.6 is 39.1 Å². The van der Waals surface area contributed by atoms with Crippen molar-refractivity contribution >= 4 is 56.2 Å². The molecule has 1 aliphatic rings.